The number of rotatable bonds is 2. The Hall–Kier alpha value is -1.52. The third-order valence-corrected chi connectivity index (χ3v) is 3.23. The zero-order valence-corrected chi connectivity index (χ0v) is 11.1. The lowest BCUT2D eigenvalue weighted by Gasteiger charge is -2.16. The highest BCUT2D eigenvalue weighted by atomic mass is 35.5. The number of anilines is 1. The van der Waals surface area contributed by atoms with Gasteiger partial charge < -0.3 is 26.4 Å². The summed E-state index contributed by atoms with van der Waals surface area (Å²) >= 11 is 0. The van der Waals surface area contributed by atoms with E-state index in [4.69, 9.17) is 16.2 Å². The molecule has 2 aromatic heterocycles. The van der Waals surface area contributed by atoms with Gasteiger partial charge in [-0.2, -0.15) is 0 Å². The Morgan fingerprint density at radius 2 is 2.00 bits per heavy atom. The summed E-state index contributed by atoms with van der Waals surface area (Å²) in [7, 11) is 0. The number of halogens is 1. The third kappa shape index (κ3) is 2.09. The van der Waals surface area contributed by atoms with Crippen LogP contribution in [0.4, 0.5) is 5.82 Å². The topological polar surface area (TPSA) is 145 Å². The molecule has 0 spiro atoms. The molecule has 2 aromatic rings. The molecule has 0 aliphatic carbocycles. The first kappa shape index (κ1) is 14.9. The molecular weight excluding hydrogens is 288 g/mol. The molecule has 3 heterocycles. The van der Waals surface area contributed by atoms with E-state index >= 15 is 0 Å². The first-order valence-corrected chi connectivity index (χ1v) is 5.78. The van der Waals surface area contributed by atoms with E-state index in [0.717, 1.165) is 0 Å². The highest BCUT2D eigenvalue weighted by Gasteiger charge is 2.43. The average molecular weight is 303 g/mol. The maximum Gasteiger partial charge on any atom is 0.167 e. The lowest BCUT2D eigenvalue weighted by Crippen LogP contribution is -2.35. The molecule has 1 aliphatic heterocycles. The van der Waals surface area contributed by atoms with Crippen molar-refractivity contribution in [3.8, 4) is 0 Å². The molecule has 4 atom stereocenters. The number of nitrogen functional groups attached to an aromatic ring is 1. The molecule has 0 radical (unpaired) electrons. The second-order valence-corrected chi connectivity index (χ2v) is 4.36. The summed E-state index contributed by atoms with van der Waals surface area (Å²) in [5, 5.41) is 19.8. The van der Waals surface area contributed by atoms with Crippen molar-refractivity contribution in [1.82, 2.24) is 19.5 Å². The fourth-order valence-corrected chi connectivity index (χ4v) is 2.21. The van der Waals surface area contributed by atoms with Crippen molar-refractivity contribution in [2.24, 2.45) is 5.73 Å². The Morgan fingerprint density at radius 1 is 1.25 bits per heavy atom. The molecule has 1 saturated heterocycles. The van der Waals surface area contributed by atoms with Crippen molar-refractivity contribution >= 4 is 29.4 Å². The van der Waals surface area contributed by atoms with Crippen LogP contribution in [-0.2, 0) is 4.74 Å². The van der Waals surface area contributed by atoms with Crippen LogP contribution in [0, 0.1) is 0 Å². The number of ether oxygens (including phenoxy) is 1. The predicted octanol–water partition coefficient (Wildman–Crippen LogP) is -1.59. The summed E-state index contributed by atoms with van der Waals surface area (Å²) in [4.78, 5) is 12.0. The van der Waals surface area contributed by atoms with Crippen LogP contribution in [0.15, 0.2) is 12.7 Å². The number of aliphatic hydroxyl groups excluding tert-OH is 2. The van der Waals surface area contributed by atoms with Gasteiger partial charge in [0, 0.05) is 6.54 Å². The van der Waals surface area contributed by atoms with Crippen molar-refractivity contribution in [2.75, 3.05) is 12.3 Å². The van der Waals surface area contributed by atoms with Crippen LogP contribution in [0.1, 0.15) is 6.23 Å². The van der Waals surface area contributed by atoms with Crippen molar-refractivity contribution < 1.29 is 14.9 Å². The number of nitrogens with zero attached hydrogens (tertiary/aromatic N) is 4. The van der Waals surface area contributed by atoms with Crippen LogP contribution in [0.3, 0.4) is 0 Å². The fourth-order valence-electron chi connectivity index (χ4n) is 2.21. The second kappa shape index (κ2) is 5.46. The van der Waals surface area contributed by atoms with Crippen molar-refractivity contribution in [2.45, 2.75) is 24.5 Å². The van der Waals surface area contributed by atoms with Crippen LogP contribution in [-0.4, -0.2) is 54.6 Å². The first-order chi connectivity index (χ1) is 9.13. The maximum absolute atomic E-state index is 10.0. The zero-order chi connectivity index (χ0) is 13.6. The van der Waals surface area contributed by atoms with E-state index in [2.05, 4.69) is 15.0 Å². The van der Waals surface area contributed by atoms with Crippen LogP contribution in [0.25, 0.3) is 11.2 Å². The number of nitrogens with two attached hydrogens (primary N) is 2. The van der Waals surface area contributed by atoms with Gasteiger partial charge in [0.1, 0.15) is 30.2 Å². The Kier molecular flexibility index (Phi) is 4.06. The lowest BCUT2D eigenvalue weighted by molar-refractivity contribution is -0.0322. The summed E-state index contributed by atoms with van der Waals surface area (Å²) in [6.07, 6.45) is -0.850. The Morgan fingerprint density at radius 3 is 2.65 bits per heavy atom. The molecule has 10 heteroatoms. The Balaban J connectivity index is 0.00000147. The van der Waals surface area contributed by atoms with Crippen LogP contribution < -0.4 is 11.5 Å². The molecular formula is C10H15ClN6O3. The molecule has 0 bridgehead atoms. The molecule has 0 amide bonds. The van der Waals surface area contributed by atoms with E-state index in [0.29, 0.717) is 11.2 Å². The number of aliphatic hydroxyl groups is 2. The van der Waals surface area contributed by atoms with Gasteiger partial charge in [0.2, 0.25) is 0 Å². The van der Waals surface area contributed by atoms with E-state index in [9.17, 15) is 10.2 Å². The van der Waals surface area contributed by atoms with Gasteiger partial charge in [-0.05, 0) is 0 Å². The molecule has 6 N–H and O–H groups in total. The number of fused-ring (bicyclic) bond motifs is 1. The minimum absolute atomic E-state index is 0. The highest BCUT2D eigenvalue weighted by Crippen LogP contribution is 2.31. The summed E-state index contributed by atoms with van der Waals surface area (Å²) in [5.74, 6) is 0.243. The zero-order valence-electron chi connectivity index (χ0n) is 10.3. The normalized spacial score (nSPS) is 29.6. The van der Waals surface area contributed by atoms with Gasteiger partial charge in [-0.1, -0.05) is 0 Å². The summed E-state index contributed by atoms with van der Waals surface area (Å²) in [6.45, 7) is 0.110. The lowest BCUT2D eigenvalue weighted by atomic mass is 10.1. The van der Waals surface area contributed by atoms with Crippen molar-refractivity contribution in [3.05, 3.63) is 12.7 Å². The molecule has 0 unspecified atom stereocenters. The molecule has 3 rings (SSSR count). The third-order valence-electron chi connectivity index (χ3n) is 3.23. The standard InChI is InChI=1S/C10H14N6O3.ClH/c11-1-4-6(17)7(18)10(19-4)16-3-15-5-8(12)13-2-14-9(5)16;/h2-4,6-7,10,17-18H,1,11H2,(H2,12,13,14);1H/t4-,6-,7-,10-;/m1./s1. The van der Waals surface area contributed by atoms with Gasteiger partial charge in [0.15, 0.2) is 17.7 Å². The van der Waals surface area contributed by atoms with E-state index in [1.54, 1.807) is 0 Å². The second-order valence-electron chi connectivity index (χ2n) is 4.36. The van der Waals surface area contributed by atoms with Gasteiger partial charge in [-0.25, -0.2) is 15.0 Å². The van der Waals surface area contributed by atoms with Gasteiger partial charge in [0.25, 0.3) is 0 Å². The Labute approximate surface area is 120 Å². The van der Waals surface area contributed by atoms with Gasteiger partial charge in [-0.3, -0.25) is 4.57 Å². The number of hydrogen-bond acceptors (Lipinski definition) is 8. The van der Waals surface area contributed by atoms with Gasteiger partial charge in [-0.15, -0.1) is 12.4 Å². The monoisotopic (exact) mass is 302 g/mol. The first-order valence-electron chi connectivity index (χ1n) is 5.78. The summed E-state index contributed by atoms with van der Waals surface area (Å²) in [5.41, 5.74) is 12.0. The molecule has 1 fully saturated rings. The minimum Gasteiger partial charge on any atom is -0.387 e. The molecule has 0 aromatic carbocycles. The van der Waals surface area contributed by atoms with Gasteiger partial charge >= 0.3 is 0 Å². The summed E-state index contributed by atoms with van der Waals surface area (Å²) < 4.78 is 7.04. The maximum atomic E-state index is 10.0. The molecule has 0 saturated carbocycles. The predicted molar refractivity (Wildman–Crippen MR) is 72.0 cm³/mol. The number of hydrogen-bond donors (Lipinski definition) is 4. The number of aromatic nitrogens is 4. The minimum atomic E-state index is -1.11. The van der Waals surface area contributed by atoms with Crippen LogP contribution in [0.5, 0.6) is 0 Å². The number of imidazole rings is 1. The molecule has 110 valence electrons. The Bertz CT molecular complexity index is 608. The largest absolute Gasteiger partial charge is 0.387 e. The van der Waals surface area contributed by atoms with Crippen molar-refractivity contribution in [1.29, 1.82) is 0 Å². The van der Waals surface area contributed by atoms with Gasteiger partial charge in [0.05, 0.1) is 6.33 Å². The van der Waals surface area contributed by atoms with E-state index < -0.39 is 24.5 Å². The highest BCUT2D eigenvalue weighted by molar-refractivity contribution is 5.85. The summed E-state index contributed by atoms with van der Waals surface area (Å²) in [6, 6.07) is 0. The quantitative estimate of drug-likeness (QED) is 0.519. The fraction of sp³-hybridized carbons (Fsp3) is 0.500. The smallest absolute Gasteiger partial charge is 0.167 e. The molecule has 20 heavy (non-hydrogen) atoms. The SMILES string of the molecule is Cl.NC[C@H]1O[C@@H](n2cnc3c(N)ncnc32)[C@H](O)[C@@H]1O. The van der Waals surface area contributed by atoms with E-state index in [-0.39, 0.29) is 24.8 Å². The van der Waals surface area contributed by atoms with Crippen molar-refractivity contribution in [3.63, 3.8) is 0 Å². The molecule has 1 aliphatic rings. The van der Waals surface area contributed by atoms with Crippen LogP contribution in [0.2, 0.25) is 0 Å². The molecule has 9 nitrogen and oxygen atoms in total. The van der Waals surface area contributed by atoms with Crippen LogP contribution >= 0.6 is 12.4 Å². The average Bonchev–Trinajstić information content (AvgIpc) is 2.94. The van der Waals surface area contributed by atoms with E-state index in [1.807, 2.05) is 0 Å². The van der Waals surface area contributed by atoms with E-state index in [1.165, 1.54) is 17.2 Å².